The van der Waals surface area contributed by atoms with Gasteiger partial charge >= 0.3 is 0 Å². The molecule has 2 aliphatic heterocycles. The minimum absolute atomic E-state index is 0.874. The van der Waals surface area contributed by atoms with Gasteiger partial charge in [-0.05, 0) is 58.3 Å². The lowest BCUT2D eigenvalue weighted by molar-refractivity contribution is 0.0976. The number of likely N-dealkylation sites (tertiary alicyclic amines) is 1. The Morgan fingerprint density at radius 1 is 1.42 bits per heavy atom. The highest BCUT2D eigenvalue weighted by atomic mass is 15.2. The standard InChI is InChI=1S/C10H20N2/c1-9-3-6-12(9)7-4-10-2-5-11-8-10/h9-11H,2-8H2,1H3. The highest BCUT2D eigenvalue weighted by Crippen LogP contribution is 2.19. The lowest BCUT2D eigenvalue weighted by Crippen LogP contribution is -2.46. The number of rotatable bonds is 3. The third-order valence-corrected chi connectivity index (χ3v) is 3.44. The van der Waals surface area contributed by atoms with Gasteiger partial charge in [-0.1, -0.05) is 0 Å². The zero-order valence-corrected chi connectivity index (χ0v) is 8.05. The highest BCUT2D eigenvalue weighted by Gasteiger charge is 2.24. The summed E-state index contributed by atoms with van der Waals surface area (Å²) in [6, 6.07) is 0.874. The Hall–Kier alpha value is -0.0800. The van der Waals surface area contributed by atoms with Crippen LogP contribution in [-0.2, 0) is 0 Å². The van der Waals surface area contributed by atoms with Crippen LogP contribution in [-0.4, -0.2) is 37.1 Å². The van der Waals surface area contributed by atoms with Crippen LogP contribution in [0.1, 0.15) is 26.2 Å². The average Bonchev–Trinajstić information content (AvgIpc) is 2.54. The second-order valence-corrected chi connectivity index (χ2v) is 4.32. The Morgan fingerprint density at radius 2 is 2.33 bits per heavy atom. The molecule has 2 rings (SSSR count). The fourth-order valence-corrected chi connectivity index (χ4v) is 2.21. The molecule has 0 aromatic carbocycles. The van der Waals surface area contributed by atoms with Crippen molar-refractivity contribution in [2.24, 2.45) is 5.92 Å². The Balaban J connectivity index is 1.61. The van der Waals surface area contributed by atoms with E-state index in [1.807, 2.05) is 0 Å². The largest absolute Gasteiger partial charge is 0.316 e. The number of hydrogen-bond donors (Lipinski definition) is 1. The van der Waals surface area contributed by atoms with E-state index in [4.69, 9.17) is 0 Å². The highest BCUT2D eigenvalue weighted by molar-refractivity contribution is 4.80. The second kappa shape index (κ2) is 3.75. The summed E-state index contributed by atoms with van der Waals surface area (Å²) in [5.41, 5.74) is 0. The Labute approximate surface area is 75.3 Å². The first-order valence-electron chi connectivity index (χ1n) is 5.31. The Kier molecular flexibility index (Phi) is 2.66. The zero-order valence-electron chi connectivity index (χ0n) is 8.05. The van der Waals surface area contributed by atoms with E-state index in [1.54, 1.807) is 0 Å². The van der Waals surface area contributed by atoms with Crippen molar-refractivity contribution in [2.45, 2.75) is 32.2 Å². The second-order valence-electron chi connectivity index (χ2n) is 4.32. The van der Waals surface area contributed by atoms with E-state index in [0.29, 0.717) is 0 Å². The van der Waals surface area contributed by atoms with Gasteiger partial charge in [0.15, 0.2) is 0 Å². The molecule has 0 spiro atoms. The summed E-state index contributed by atoms with van der Waals surface area (Å²) in [6.45, 7) is 7.55. The Morgan fingerprint density at radius 3 is 2.83 bits per heavy atom. The van der Waals surface area contributed by atoms with Crippen molar-refractivity contribution in [1.29, 1.82) is 0 Å². The smallest absolute Gasteiger partial charge is 0.00791 e. The van der Waals surface area contributed by atoms with Gasteiger partial charge in [-0.3, -0.25) is 0 Å². The maximum absolute atomic E-state index is 3.42. The summed E-state index contributed by atoms with van der Waals surface area (Å²) in [6.07, 6.45) is 4.24. The van der Waals surface area contributed by atoms with Crippen molar-refractivity contribution in [3.8, 4) is 0 Å². The lowest BCUT2D eigenvalue weighted by Gasteiger charge is -2.39. The zero-order chi connectivity index (χ0) is 8.39. The molecule has 0 saturated carbocycles. The molecule has 2 fully saturated rings. The van der Waals surface area contributed by atoms with Crippen LogP contribution in [0.4, 0.5) is 0 Å². The van der Waals surface area contributed by atoms with Crippen molar-refractivity contribution in [3.05, 3.63) is 0 Å². The van der Waals surface area contributed by atoms with Gasteiger partial charge in [-0.25, -0.2) is 0 Å². The first-order chi connectivity index (χ1) is 5.86. The molecule has 2 saturated heterocycles. The van der Waals surface area contributed by atoms with Gasteiger partial charge in [0.25, 0.3) is 0 Å². The van der Waals surface area contributed by atoms with E-state index < -0.39 is 0 Å². The predicted molar refractivity (Wildman–Crippen MR) is 51.2 cm³/mol. The summed E-state index contributed by atoms with van der Waals surface area (Å²) >= 11 is 0. The first kappa shape index (κ1) is 8.52. The maximum Gasteiger partial charge on any atom is 0.00791 e. The molecule has 0 amide bonds. The SMILES string of the molecule is CC1CCN1CCC1CCNC1. The van der Waals surface area contributed by atoms with Crippen LogP contribution < -0.4 is 5.32 Å². The summed E-state index contributed by atoms with van der Waals surface area (Å²) < 4.78 is 0. The molecule has 12 heavy (non-hydrogen) atoms. The van der Waals surface area contributed by atoms with Gasteiger partial charge in [0.1, 0.15) is 0 Å². The van der Waals surface area contributed by atoms with Gasteiger partial charge < -0.3 is 10.2 Å². The van der Waals surface area contributed by atoms with Crippen LogP contribution >= 0.6 is 0 Å². The van der Waals surface area contributed by atoms with Crippen molar-refractivity contribution in [2.75, 3.05) is 26.2 Å². The van der Waals surface area contributed by atoms with E-state index in [-0.39, 0.29) is 0 Å². The van der Waals surface area contributed by atoms with Gasteiger partial charge in [0, 0.05) is 6.04 Å². The summed E-state index contributed by atoms with van der Waals surface area (Å²) in [7, 11) is 0. The molecule has 70 valence electrons. The molecular formula is C10H20N2. The molecule has 2 nitrogen and oxygen atoms in total. The molecule has 0 aliphatic carbocycles. The van der Waals surface area contributed by atoms with E-state index in [2.05, 4.69) is 17.1 Å². The number of nitrogens with one attached hydrogen (secondary N) is 1. The van der Waals surface area contributed by atoms with Crippen LogP contribution in [0.3, 0.4) is 0 Å². The third kappa shape index (κ3) is 1.80. The van der Waals surface area contributed by atoms with Crippen LogP contribution in [0, 0.1) is 5.92 Å². The van der Waals surface area contributed by atoms with Gasteiger partial charge in [-0.2, -0.15) is 0 Å². The van der Waals surface area contributed by atoms with Crippen molar-refractivity contribution in [1.82, 2.24) is 10.2 Å². The number of nitrogens with zero attached hydrogens (tertiary/aromatic N) is 1. The maximum atomic E-state index is 3.42. The van der Waals surface area contributed by atoms with Crippen LogP contribution in [0.5, 0.6) is 0 Å². The van der Waals surface area contributed by atoms with Gasteiger partial charge in [0.05, 0.1) is 0 Å². The normalized spacial score (nSPS) is 36.8. The van der Waals surface area contributed by atoms with Crippen molar-refractivity contribution in [3.63, 3.8) is 0 Å². The summed E-state index contributed by atoms with van der Waals surface area (Å²) in [4.78, 5) is 2.61. The summed E-state index contributed by atoms with van der Waals surface area (Å²) in [5.74, 6) is 0.970. The van der Waals surface area contributed by atoms with E-state index >= 15 is 0 Å². The minimum atomic E-state index is 0.874. The Bertz CT molecular complexity index is 139. The summed E-state index contributed by atoms with van der Waals surface area (Å²) in [5, 5.41) is 3.42. The molecule has 1 N–H and O–H groups in total. The van der Waals surface area contributed by atoms with Crippen LogP contribution in [0.2, 0.25) is 0 Å². The van der Waals surface area contributed by atoms with Gasteiger partial charge in [0.2, 0.25) is 0 Å². The molecule has 2 heteroatoms. The van der Waals surface area contributed by atoms with E-state index in [0.717, 1.165) is 12.0 Å². The quantitative estimate of drug-likeness (QED) is 0.678. The molecule has 2 aliphatic rings. The van der Waals surface area contributed by atoms with Crippen LogP contribution in [0.25, 0.3) is 0 Å². The molecular weight excluding hydrogens is 148 g/mol. The molecule has 0 bridgehead atoms. The van der Waals surface area contributed by atoms with Crippen molar-refractivity contribution >= 4 is 0 Å². The van der Waals surface area contributed by atoms with E-state index in [1.165, 1.54) is 45.4 Å². The predicted octanol–water partition coefficient (Wildman–Crippen LogP) is 1.08. The molecule has 2 unspecified atom stereocenters. The topological polar surface area (TPSA) is 15.3 Å². The fourth-order valence-electron chi connectivity index (χ4n) is 2.21. The third-order valence-electron chi connectivity index (χ3n) is 3.44. The van der Waals surface area contributed by atoms with Crippen LogP contribution in [0.15, 0.2) is 0 Å². The molecule has 2 heterocycles. The fraction of sp³-hybridized carbons (Fsp3) is 1.00. The minimum Gasteiger partial charge on any atom is -0.316 e. The monoisotopic (exact) mass is 168 g/mol. The lowest BCUT2D eigenvalue weighted by atomic mass is 10.0. The number of hydrogen-bond acceptors (Lipinski definition) is 2. The molecule has 0 aromatic heterocycles. The van der Waals surface area contributed by atoms with Crippen molar-refractivity contribution < 1.29 is 0 Å². The first-order valence-corrected chi connectivity index (χ1v) is 5.31. The van der Waals surface area contributed by atoms with E-state index in [9.17, 15) is 0 Å². The molecule has 0 radical (unpaired) electrons. The van der Waals surface area contributed by atoms with Gasteiger partial charge in [-0.15, -0.1) is 0 Å². The molecule has 0 aromatic rings. The molecule has 2 atom stereocenters. The average molecular weight is 168 g/mol.